The maximum Gasteiger partial charge on any atom is 3.00 e. The molecule has 2 nitrogen and oxygen atoms in total. The number of fused-ring (bicyclic) bond motifs is 3. The van der Waals surface area contributed by atoms with Crippen LogP contribution in [-0.4, -0.2) is 26.3 Å². The second-order valence-electron chi connectivity index (χ2n) is 13.8. The Kier molecular flexibility index (Phi) is 10.9. The summed E-state index contributed by atoms with van der Waals surface area (Å²) in [6.07, 6.45) is 3.19. The number of nitrogens with zero attached hydrogens (tertiary/aromatic N) is 1. The van der Waals surface area contributed by atoms with Crippen molar-refractivity contribution in [1.82, 2.24) is 4.98 Å². The van der Waals surface area contributed by atoms with E-state index in [0.29, 0.717) is 5.92 Å². The van der Waals surface area contributed by atoms with Crippen molar-refractivity contribution in [1.29, 1.82) is 0 Å². The Morgan fingerprint density at radius 2 is 1.50 bits per heavy atom. The van der Waals surface area contributed by atoms with Crippen molar-refractivity contribution in [2.75, 3.05) is 0 Å². The third kappa shape index (κ3) is 8.09. The minimum atomic E-state index is -1.81. The summed E-state index contributed by atoms with van der Waals surface area (Å²) in [5.74, 6) is 7.82. The molecule has 44 heavy (non-hydrogen) atoms. The van der Waals surface area contributed by atoms with Crippen LogP contribution in [0.2, 0.25) is 36.9 Å². The fourth-order valence-electron chi connectivity index (χ4n) is 5.37. The maximum atomic E-state index is 5.86. The molecule has 0 saturated heterocycles. The van der Waals surface area contributed by atoms with Gasteiger partial charge in [-0.2, -0.15) is 42.5 Å². The van der Waals surface area contributed by atoms with Crippen LogP contribution in [0.15, 0.2) is 95.5 Å². The summed E-state index contributed by atoms with van der Waals surface area (Å²) in [6, 6.07) is 39.3. The standard InChI is InChI=1S/C20H18GeNO.C19H24Si.Ir/c1-21(2,3)15-9-10-18(22-13-15)14-8-11-20-17(12-14)16-6-4-5-7-19(16)23-20;1-15(2)13-18-14-17(16-9-7-6-8-10-16)11-12-19(18)20(3,4)5;/h4-7,9-13H,1-3H3;6-9,12,14-15H,13H2,1-5H3;/q-1;-2;+3. The van der Waals surface area contributed by atoms with E-state index in [1.165, 1.54) is 15.5 Å². The van der Waals surface area contributed by atoms with Gasteiger partial charge < -0.3 is 0 Å². The van der Waals surface area contributed by atoms with Crippen LogP contribution in [0.25, 0.3) is 44.3 Å². The van der Waals surface area contributed by atoms with Gasteiger partial charge in [0.25, 0.3) is 0 Å². The molecule has 0 saturated carbocycles. The molecule has 0 amide bonds. The van der Waals surface area contributed by atoms with Crippen molar-refractivity contribution in [3.63, 3.8) is 0 Å². The van der Waals surface area contributed by atoms with E-state index in [4.69, 9.17) is 4.42 Å². The molecule has 0 bridgehead atoms. The number of aromatic nitrogens is 1. The first-order chi connectivity index (χ1) is 20.4. The Balaban J connectivity index is 0.000000199. The molecule has 4 aromatic carbocycles. The molecule has 0 aliphatic heterocycles. The van der Waals surface area contributed by atoms with Gasteiger partial charge in [0.15, 0.2) is 0 Å². The molecule has 0 unspecified atom stereocenters. The Bertz CT molecular complexity index is 1830. The average molecular weight is 834 g/mol. The summed E-state index contributed by atoms with van der Waals surface area (Å²) in [4.78, 5) is 4.67. The van der Waals surface area contributed by atoms with Crippen LogP contribution in [0.3, 0.4) is 0 Å². The van der Waals surface area contributed by atoms with E-state index >= 15 is 0 Å². The van der Waals surface area contributed by atoms with E-state index in [1.54, 1.807) is 5.19 Å². The smallest absolute Gasteiger partial charge is 3.00 e. The summed E-state index contributed by atoms with van der Waals surface area (Å²) in [5, 5.41) is 3.80. The molecule has 0 spiro atoms. The van der Waals surface area contributed by atoms with Crippen molar-refractivity contribution < 1.29 is 24.5 Å². The Morgan fingerprint density at radius 3 is 2.14 bits per heavy atom. The number of pyridine rings is 1. The van der Waals surface area contributed by atoms with E-state index < -0.39 is 21.3 Å². The Morgan fingerprint density at radius 1 is 0.773 bits per heavy atom. The first kappa shape index (κ1) is 34.1. The SMILES string of the molecule is CC(C)Cc1cc(-c2[c-]cccc2)[c-]cc1[Si](C)(C)C.[CH3][Ge]([CH3])([CH3])[c]1ccc(-c2[c-]cc3oc4ccccc4c3c2)nc1.[Ir+3]. The summed E-state index contributed by atoms with van der Waals surface area (Å²) in [7, 11) is -1.31. The van der Waals surface area contributed by atoms with Crippen molar-refractivity contribution >= 4 is 52.9 Å². The fourth-order valence-corrected chi connectivity index (χ4v) is 9.19. The monoisotopic (exact) mass is 835 g/mol. The van der Waals surface area contributed by atoms with Gasteiger partial charge >= 0.3 is 158 Å². The van der Waals surface area contributed by atoms with Crippen LogP contribution in [0.5, 0.6) is 0 Å². The molecular formula is C39H42GeIrNOSi. The second-order valence-corrected chi connectivity index (χ2v) is 29.5. The fraction of sp³-hybridized carbons (Fsp3) is 0.256. The zero-order valence-electron chi connectivity index (χ0n) is 27.1. The van der Waals surface area contributed by atoms with Crippen LogP contribution >= 0.6 is 0 Å². The molecule has 0 aliphatic rings. The Labute approximate surface area is 281 Å². The van der Waals surface area contributed by atoms with Gasteiger partial charge in [-0.15, -0.1) is 16.8 Å². The Hall–Kier alpha value is -2.76. The van der Waals surface area contributed by atoms with Crippen LogP contribution in [0.4, 0.5) is 0 Å². The molecule has 6 rings (SSSR count). The third-order valence-electron chi connectivity index (χ3n) is 7.69. The number of hydrogen-bond acceptors (Lipinski definition) is 2. The minimum absolute atomic E-state index is 0. The van der Waals surface area contributed by atoms with Crippen LogP contribution in [0.1, 0.15) is 19.4 Å². The summed E-state index contributed by atoms with van der Waals surface area (Å²) < 4.78 is 7.28. The van der Waals surface area contributed by atoms with Gasteiger partial charge in [-0.05, 0) is 12.3 Å². The topological polar surface area (TPSA) is 26.0 Å². The predicted octanol–water partition coefficient (Wildman–Crippen LogP) is 9.69. The van der Waals surface area contributed by atoms with E-state index in [9.17, 15) is 0 Å². The molecule has 2 aromatic heterocycles. The largest absolute Gasteiger partial charge is 3.00 e. The van der Waals surface area contributed by atoms with Crippen molar-refractivity contribution in [3.05, 3.63) is 115 Å². The molecule has 6 aromatic rings. The normalized spacial score (nSPS) is 11.8. The van der Waals surface area contributed by atoms with Gasteiger partial charge in [0, 0.05) is 8.07 Å². The third-order valence-corrected chi connectivity index (χ3v) is 14.0. The molecule has 2 heterocycles. The predicted molar refractivity (Wildman–Crippen MR) is 190 cm³/mol. The summed E-state index contributed by atoms with van der Waals surface area (Å²) in [6.45, 7) is 11.8. The molecule has 0 radical (unpaired) electrons. The van der Waals surface area contributed by atoms with Crippen LogP contribution in [-0.2, 0) is 26.5 Å². The quantitative estimate of drug-likeness (QED) is 0.124. The first-order valence-electron chi connectivity index (χ1n) is 15.2. The number of rotatable bonds is 6. The molecule has 0 fully saturated rings. The van der Waals surface area contributed by atoms with Gasteiger partial charge in [-0.25, -0.2) is 11.1 Å². The maximum absolute atomic E-state index is 5.86. The number of para-hydroxylation sites is 1. The van der Waals surface area contributed by atoms with E-state index in [2.05, 4.69) is 122 Å². The molecule has 0 N–H and O–H groups in total. The van der Waals surface area contributed by atoms with E-state index in [1.807, 2.05) is 42.6 Å². The summed E-state index contributed by atoms with van der Waals surface area (Å²) >= 11 is -1.81. The zero-order valence-corrected chi connectivity index (χ0v) is 32.6. The molecule has 5 heteroatoms. The molecular weight excluding hydrogens is 791 g/mol. The number of benzene rings is 4. The van der Waals surface area contributed by atoms with Crippen molar-refractivity contribution in [2.24, 2.45) is 5.92 Å². The van der Waals surface area contributed by atoms with Gasteiger partial charge in [0.2, 0.25) is 0 Å². The molecule has 0 aliphatic carbocycles. The zero-order chi connectivity index (χ0) is 30.8. The van der Waals surface area contributed by atoms with Crippen LogP contribution < -0.4 is 9.58 Å². The van der Waals surface area contributed by atoms with Crippen molar-refractivity contribution in [2.45, 2.75) is 57.2 Å². The second kappa shape index (κ2) is 14.1. The molecule has 0 atom stereocenters. The number of furan rings is 1. The van der Waals surface area contributed by atoms with Gasteiger partial charge in [-0.3, -0.25) is 0 Å². The van der Waals surface area contributed by atoms with Crippen LogP contribution in [0, 0.1) is 24.1 Å². The average Bonchev–Trinajstić information content (AvgIpc) is 3.35. The van der Waals surface area contributed by atoms with E-state index in [0.717, 1.165) is 45.2 Å². The van der Waals surface area contributed by atoms with Gasteiger partial charge in [0.1, 0.15) is 0 Å². The molecule has 226 valence electrons. The number of hydrogen-bond donors (Lipinski definition) is 0. The van der Waals surface area contributed by atoms with Gasteiger partial charge in [-0.1, -0.05) is 33.5 Å². The summed E-state index contributed by atoms with van der Waals surface area (Å²) in [5.41, 5.74) is 7.58. The minimum Gasteiger partial charge on any atom is 3.00 e. The van der Waals surface area contributed by atoms with Gasteiger partial charge in [0.05, 0.1) is 0 Å². The van der Waals surface area contributed by atoms with Crippen molar-refractivity contribution in [3.8, 4) is 22.4 Å². The van der Waals surface area contributed by atoms with E-state index in [-0.39, 0.29) is 20.1 Å². The first-order valence-corrected chi connectivity index (χ1v) is 26.1.